The molecule has 0 spiro atoms. The van der Waals surface area contributed by atoms with Crippen molar-refractivity contribution in [3.8, 4) is 10.6 Å². The third kappa shape index (κ3) is 3.60. The van der Waals surface area contributed by atoms with Gasteiger partial charge in [0.1, 0.15) is 11.0 Å². The molecule has 1 aromatic carbocycles. The zero-order valence-electron chi connectivity index (χ0n) is 12.9. The highest BCUT2D eigenvalue weighted by Gasteiger charge is 2.32. The Balaban J connectivity index is 1.73. The Bertz CT molecular complexity index is 762. The van der Waals surface area contributed by atoms with E-state index in [1.807, 2.05) is 23.6 Å². The fourth-order valence-corrected chi connectivity index (χ4v) is 4.03. The normalized spacial score (nSPS) is 17.7. The number of carboxylic acids is 1. The molecule has 5 nitrogen and oxygen atoms in total. The lowest BCUT2D eigenvalue weighted by Crippen LogP contribution is -2.48. The second-order valence-corrected chi connectivity index (χ2v) is 7.00. The Kier molecular flexibility index (Phi) is 5.16. The van der Waals surface area contributed by atoms with Gasteiger partial charge in [0.2, 0.25) is 5.91 Å². The number of amides is 1. The molecule has 2 aromatic rings. The quantitative estimate of drug-likeness (QED) is 0.901. The van der Waals surface area contributed by atoms with Gasteiger partial charge in [0.25, 0.3) is 0 Å². The molecule has 0 bridgehead atoms. The molecule has 1 N–H and O–H groups in total. The van der Waals surface area contributed by atoms with Crippen LogP contribution in [0.4, 0.5) is 0 Å². The summed E-state index contributed by atoms with van der Waals surface area (Å²) in [6.45, 7) is 0.497. The third-order valence-corrected chi connectivity index (χ3v) is 5.35. The summed E-state index contributed by atoms with van der Waals surface area (Å²) in [6.07, 6.45) is 2.32. The van der Waals surface area contributed by atoms with Gasteiger partial charge in [0, 0.05) is 17.5 Å². The molecule has 1 aromatic heterocycles. The van der Waals surface area contributed by atoms with Crippen LogP contribution in [0.3, 0.4) is 0 Å². The molecule has 0 aliphatic carbocycles. The number of carbonyl (C=O) groups excluding carboxylic acids is 1. The number of likely N-dealkylation sites (tertiary alicyclic amines) is 1. The van der Waals surface area contributed by atoms with Crippen LogP contribution in [0.2, 0.25) is 5.02 Å². The average Bonchev–Trinajstić information content (AvgIpc) is 3.03. The Labute approximate surface area is 148 Å². The lowest BCUT2D eigenvalue weighted by atomic mass is 10.0. The molecule has 1 aliphatic heterocycles. The summed E-state index contributed by atoms with van der Waals surface area (Å²) < 4.78 is 0. The number of hydrogen-bond acceptors (Lipinski definition) is 4. The molecule has 0 saturated carbocycles. The van der Waals surface area contributed by atoms with E-state index >= 15 is 0 Å². The number of benzene rings is 1. The van der Waals surface area contributed by atoms with E-state index in [1.54, 1.807) is 6.07 Å². The number of aliphatic carboxylic acids is 1. The molecule has 1 atom stereocenters. The first-order valence-corrected chi connectivity index (χ1v) is 9.03. The van der Waals surface area contributed by atoms with Crippen LogP contribution >= 0.6 is 22.9 Å². The van der Waals surface area contributed by atoms with Crippen LogP contribution in [-0.4, -0.2) is 39.5 Å². The van der Waals surface area contributed by atoms with Crippen molar-refractivity contribution in [2.24, 2.45) is 0 Å². The Morgan fingerprint density at radius 1 is 1.33 bits per heavy atom. The van der Waals surface area contributed by atoms with Crippen LogP contribution in [0.5, 0.6) is 0 Å². The van der Waals surface area contributed by atoms with Gasteiger partial charge in [-0.25, -0.2) is 9.78 Å². The maximum Gasteiger partial charge on any atom is 0.326 e. The van der Waals surface area contributed by atoms with Crippen molar-refractivity contribution in [3.05, 3.63) is 40.4 Å². The van der Waals surface area contributed by atoms with Crippen molar-refractivity contribution in [2.45, 2.75) is 31.7 Å². The zero-order chi connectivity index (χ0) is 17.1. The number of carbonyl (C=O) groups is 2. The SMILES string of the molecule is O=C(O)C1CCCCN1C(=O)Cc1csc(-c2ccccc2Cl)n1. The fraction of sp³-hybridized carbons (Fsp3) is 0.353. The number of piperidine rings is 1. The minimum absolute atomic E-state index is 0.116. The van der Waals surface area contributed by atoms with Crippen LogP contribution < -0.4 is 0 Å². The van der Waals surface area contributed by atoms with Crippen LogP contribution in [0.1, 0.15) is 25.0 Å². The zero-order valence-corrected chi connectivity index (χ0v) is 14.5. The second-order valence-electron chi connectivity index (χ2n) is 5.74. The Morgan fingerprint density at radius 2 is 2.12 bits per heavy atom. The first-order chi connectivity index (χ1) is 11.6. The lowest BCUT2D eigenvalue weighted by Gasteiger charge is -2.32. The van der Waals surface area contributed by atoms with Crippen molar-refractivity contribution >= 4 is 34.8 Å². The molecule has 126 valence electrons. The van der Waals surface area contributed by atoms with Gasteiger partial charge in [-0.3, -0.25) is 4.79 Å². The molecular formula is C17H17ClN2O3S. The third-order valence-electron chi connectivity index (χ3n) is 4.10. The number of aromatic nitrogens is 1. The van der Waals surface area contributed by atoms with Gasteiger partial charge in [-0.2, -0.15) is 0 Å². The van der Waals surface area contributed by atoms with Gasteiger partial charge >= 0.3 is 5.97 Å². The number of rotatable bonds is 4. The van der Waals surface area contributed by atoms with E-state index in [-0.39, 0.29) is 12.3 Å². The van der Waals surface area contributed by atoms with Gasteiger partial charge in [-0.1, -0.05) is 29.8 Å². The first kappa shape index (κ1) is 16.9. The minimum atomic E-state index is -0.932. The van der Waals surface area contributed by atoms with Gasteiger partial charge in [0.05, 0.1) is 17.1 Å². The number of halogens is 1. The maximum absolute atomic E-state index is 12.5. The predicted molar refractivity (Wildman–Crippen MR) is 93.3 cm³/mol. The molecule has 0 radical (unpaired) electrons. The second kappa shape index (κ2) is 7.32. The molecule has 1 saturated heterocycles. The highest BCUT2D eigenvalue weighted by Crippen LogP contribution is 2.30. The van der Waals surface area contributed by atoms with E-state index in [4.69, 9.17) is 11.6 Å². The standard InChI is InChI=1S/C17H17ClN2O3S/c18-13-6-2-1-5-12(13)16-19-11(10-24-16)9-15(21)20-8-4-3-7-14(20)17(22)23/h1-2,5-6,10,14H,3-4,7-9H2,(H,22,23). The summed E-state index contributed by atoms with van der Waals surface area (Å²) >= 11 is 7.61. The summed E-state index contributed by atoms with van der Waals surface area (Å²) in [6, 6.07) is 6.71. The average molecular weight is 365 g/mol. The van der Waals surface area contributed by atoms with Crippen molar-refractivity contribution in [3.63, 3.8) is 0 Å². The first-order valence-electron chi connectivity index (χ1n) is 7.78. The topological polar surface area (TPSA) is 70.5 Å². The fourth-order valence-electron chi connectivity index (χ4n) is 2.89. The van der Waals surface area contributed by atoms with Gasteiger partial charge in [0.15, 0.2) is 0 Å². The van der Waals surface area contributed by atoms with E-state index in [9.17, 15) is 14.7 Å². The molecule has 1 fully saturated rings. The van der Waals surface area contributed by atoms with Crippen LogP contribution in [-0.2, 0) is 16.0 Å². The van der Waals surface area contributed by atoms with E-state index in [0.717, 1.165) is 23.4 Å². The predicted octanol–water partition coefficient (Wildman–Crippen LogP) is 3.47. The molecule has 24 heavy (non-hydrogen) atoms. The Hall–Kier alpha value is -1.92. The van der Waals surface area contributed by atoms with Gasteiger partial charge in [-0.05, 0) is 25.3 Å². The summed E-state index contributed by atoms with van der Waals surface area (Å²) in [5, 5.41) is 12.5. The van der Waals surface area contributed by atoms with Crippen molar-refractivity contribution in [1.82, 2.24) is 9.88 Å². The number of nitrogens with zero attached hydrogens (tertiary/aromatic N) is 2. The highest BCUT2D eigenvalue weighted by atomic mass is 35.5. The minimum Gasteiger partial charge on any atom is -0.480 e. The van der Waals surface area contributed by atoms with Gasteiger partial charge < -0.3 is 10.0 Å². The van der Waals surface area contributed by atoms with Crippen molar-refractivity contribution in [2.75, 3.05) is 6.54 Å². The van der Waals surface area contributed by atoms with E-state index in [1.165, 1.54) is 16.2 Å². The molecule has 1 unspecified atom stereocenters. The van der Waals surface area contributed by atoms with Crippen LogP contribution in [0.15, 0.2) is 29.6 Å². The van der Waals surface area contributed by atoms with Crippen molar-refractivity contribution in [1.29, 1.82) is 0 Å². The highest BCUT2D eigenvalue weighted by molar-refractivity contribution is 7.13. The molecule has 1 aliphatic rings. The molecule has 1 amide bonds. The number of hydrogen-bond donors (Lipinski definition) is 1. The smallest absolute Gasteiger partial charge is 0.326 e. The lowest BCUT2D eigenvalue weighted by molar-refractivity contribution is -0.151. The molecule has 2 heterocycles. The number of thiazole rings is 1. The van der Waals surface area contributed by atoms with E-state index < -0.39 is 12.0 Å². The Morgan fingerprint density at radius 3 is 2.88 bits per heavy atom. The van der Waals surface area contributed by atoms with Crippen molar-refractivity contribution < 1.29 is 14.7 Å². The maximum atomic E-state index is 12.5. The summed E-state index contributed by atoms with van der Waals surface area (Å²) in [5.74, 6) is -1.11. The van der Waals surface area contributed by atoms with E-state index in [0.29, 0.717) is 23.7 Å². The summed E-state index contributed by atoms with van der Waals surface area (Å²) in [5.41, 5.74) is 1.49. The van der Waals surface area contributed by atoms with Gasteiger partial charge in [-0.15, -0.1) is 11.3 Å². The summed E-state index contributed by atoms with van der Waals surface area (Å²) in [7, 11) is 0. The van der Waals surface area contributed by atoms with Crippen LogP contribution in [0.25, 0.3) is 10.6 Å². The molecule has 7 heteroatoms. The largest absolute Gasteiger partial charge is 0.480 e. The monoisotopic (exact) mass is 364 g/mol. The van der Waals surface area contributed by atoms with E-state index in [2.05, 4.69) is 4.98 Å². The molecule has 3 rings (SSSR count). The summed E-state index contributed by atoms with van der Waals surface area (Å²) in [4.78, 5) is 29.8. The number of carboxylic acid groups (broad SMARTS) is 1. The van der Waals surface area contributed by atoms with Crippen LogP contribution in [0, 0.1) is 0 Å². The molecular weight excluding hydrogens is 348 g/mol.